The first-order chi connectivity index (χ1) is 13.5. The Morgan fingerprint density at radius 2 is 2.00 bits per heavy atom. The Hall–Kier alpha value is -2.80. The maximum absolute atomic E-state index is 13.3. The Morgan fingerprint density at radius 1 is 1.18 bits per heavy atom. The van der Waals surface area contributed by atoms with Crippen molar-refractivity contribution >= 4 is 5.91 Å². The molecule has 1 heterocycles. The number of benzene rings is 2. The summed E-state index contributed by atoms with van der Waals surface area (Å²) in [6, 6.07) is 11.3. The molecule has 150 valence electrons. The van der Waals surface area contributed by atoms with E-state index < -0.39 is 18.0 Å². The predicted molar refractivity (Wildman–Crippen MR) is 101 cm³/mol. The van der Waals surface area contributed by atoms with E-state index in [1.807, 2.05) is 24.3 Å². The molecule has 7 heteroatoms. The minimum atomic E-state index is -0.849. The first kappa shape index (κ1) is 19.9. The van der Waals surface area contributed by atoms with E-state index in [2.05, 4.69) is 0 Å². The summed E-state index contributed by atoms with van der Waals surface area (Å²) in [5, 5.41) is 10.5. The van der Waals surface area contributed by atoms with Crippen LogP contribution in [-0.4, -0.2) is 55.4 Å². The van der Waals surface area contributed by atoms with Crippen LogP contribution in [0.15, 0.2) is 42.5 Å². The zero-order valence-electron chi connectivity index (χ0n) is 15.9. The van der Waals surface area contributed by atoms with E-state index in [1.165, 1.54) is 25.3 Å². The molecule has 2 aromatic carbocycles. The van der Waals surface area contributed by atoms with Gasteiger partial charge in [0.25, 0.3) is 0 Å². The third-order valence-corrected chi connectivity index (χ3v) is 4.77. The number of hydrogen-bond donors (Lipinski definition) is 1. The molecule has 3 rings (SSSR count). The third kappa shape index (κ3) is 4.72. The van der Waals surface area contributed by atoms with Gasteiger partial charge in [-0.05, 0) is 29.8 Å². The van der Waals surface area contributed by atoms with Gasteiger partial charge in [-0.15, -0.1) is 0 Å². The molecule has 0 bridgehead atoms. The van der Waals surface area contributed by atoms with Gasteiger partial charge in [-0.1, -0.05) is 12.1 Å². The number of aliphatic hydroxyl groups is 1. The molecular weight excluding hydrogens is 365 g/mol. The molecule has 1 saturated heterocycles. The number of ether oxygens (including phenoxy) is 3. The lowest BCUT2D eigenvalue weighted by Crippen LogP contribution is -2.51. The molecule has 0 aliphatic carbocycles. The Kier molecular flexibility index (Phi) is 6.36. The molecule has 1 aliphatic rings. The molecule has 0 unspecified atom stereocenters. The van der Waals surface area contributed by atoms with Crippen molar-refractivity contribution in [3.05, 3.63) is 53.8 Å². The zero-order chi connectivity index (χ0) is 20.1. The van der Waals surface area contributed by atoms with Gasteiger partial charge in [-0.3, -0.25) is 4.79 Å². The fourth-order valence-corrected chi connectivity index (χ4v) is 3.24. The van der Waals surface area contributed by atoms with Crippen LogP contribution >= 0.6 is 0 Å². The highest BCUT2D eigenvalue weighted by Gasteiger charge is 2.32. The van der Waals surface area contributed by atoms with Crippen LogP contribution in [0.3, 0.4) is 0 Å². The van der Waals surface area contributed by atoms with Gasteiger partial charge in [0.05, 0.1) is 27.2 Å². The van der Waals surface area contributed by atoms with Crippen molar-refractivity contribution in [3.63, 3.8) is 0 Å². The SMILES string of the molecule is COc1cccc(CC(=O)N2CC[C@@H](Oc3ccc(F)cc3OC)[C@H](O)C2)c1. The Bertz CT molecular complexity index is 828. The highest BCUT2D eigenvalue weighted by molar-refractivity contribution is 5.79. The van der Waals surface area contributed by atoms with Crippen LogP contribution in [0.25, 0.3) is 0 Å². The van der Waals surface area contributed by atoms with Crippen molar-refractivity contribution in [2.75, 3.05) is 27.3 Å². The average molecular weight is 389 g/mol. The molecule has 1 amide bonds. The second kappa shape index (κ2) is 8.93. The van der Waals surface area contributed by atoms with Crippen LogP contribution in [-0.2, 0) is 11.2 Å². The summed E-state index contributed by atoms with van der Waals surface area (Å²) < 4.78 is 29.5. The molecule has 2 atom stereocenters. The maximum Gasteiger partial charge on any atom is 0.227 e. The number of nitrogens with zero attached hydrogens (tertiary/aromatic N) is 1. The lowest BCUT2D eigenvalue weighted by atomic mass is 10.0. The van der Waals surface area contributed by atoms with E-state index >= 15 is 0 Å². The molecule has 1 fully saturated rings. The lowest BCUT2D eigenvalue weighted by Gasteiger charge is -2.36. The molecule has 0 spiro atoms. The number of hydrogen-bond acceptors (Lipinski definition) is 5. The Morgan fingerprint density at radius 3 is 2.71 bits per heavy atom. The van der Waals surface area contributed by atoms with Crippen LogP contribution in [0.2, 0.25) is 0 Å². The van der Waals surface area contributed by atoms with Crippen LogP contribution < -0.4 is 14.2 Å². The number of aliphatic hydroxyl groups excluding tert-OH is 1. The predicted octanol–water partition coefficient (Wildman–Crippen LogP) is 2.43. The van der Waals surface area contributed by atoms with E-state index in [1.54, 1.807) is 12.0 Å². The number of β-amino-alcohol motifs (C(OH)–C–C–N with tert-alkyl or cyclic N) is 1. The van der Waals surface area contributed by atoms with Gasteiger partial charge < -0.3 is 24.2 Å². The van der Waals surface area contributed by atoms with Crippen molar-refractivity contribution in [1.29, 1.82) is 0 Å². The van der Waals surface area contributed by atoms with Crippen LogP contribution in [0.1, 0.15) is 12.0 Å². The van der Waals surface area contributed by atoms with Crippen LogP contribution in [0.5, 0.6) is 17.2 Å². The molecule has 28 heavy (non-hydrogen) atoms. The number of piperidine rings is 1. The topological polar surface area (TPSA) is 68.2 Å². The monoisotopic (exact) mass is 389 g/mol. The van der Waals surface area contributed by atoms with Crippen molar-refractivity contribution in [1.82, 2.24) is 4.90 Å². The van der Waals surface area contributed by atoms with Crippen molar-refractivity contribution in [3.8, 4) is 17.2 Å². The molecular formula is C21H24FNO5. The summed E-state index contributed by atoms with van der Waals surface area (Å²) in [5.74, 6) is 0.839. The number of halogens is 1. The molecule has 2 aromatic rings. The van der Waals surface area contributed by atoms with Crippen LogP contribution in [0, 0.1) is 5.82 Å². The summed E-state index contributed by atoms with van der Waals surface area (Å²) in [4.78, 5) is 14.2. The maximum atomic E-state index is 13.3. The van der Waals surface area contributed by atoms with Gasteiger partial charge in [0.15, 0.2) is 11.5 Å². The highest BCUT2D eigenvalue weighted by atomic mass is 19.1. The largest absolute Gasteiger partial charge is 0.497 e. The number of rotatable bonds is 6. The number of likely N-dealkylation sites (tertiary alicyclic amines) is 1. The smallest absolute Gasteiger partial charge is 0.227 e. The average Bonchev–Trinajstić information content (AvgIpc) is 2.70. The fraction of sp³-hybridized carbons (Fsp3) is 0.381. The van der Waals surface area contributed by atoms with E-state index in [0.29, 0.717) is 24.5 Å². The summed E-state index contributed by atoms with van der Waals surface area (Å²) in [6.07, 6.45) is -0.648. The molecule has 0 radical (unpaired) electrons. The number of carbonyl (C=O) groups excluding carboxylic acids is 1. The second-order valence-corrected chi connectivity index (χ2v) is 6.68. The highest BCUT2D eigenvalue weighted by Crippen LogP contribution is 2.30. The minimum absolute atomic E-state index is 0.0647. The third-order valence-electron chi connectivity index (χ3n) is 4.77. The van der Waals surface area contributed by atoms with Gasteiger partial charge in [0.1, 0.15) is 23.8 Å². The summed E-state index contributed by atoms with van der Waals surface area (Å²) in [5.41, 5.74) is 0.855. The Balaban J connectivity index is 1.59. The lowest BCUT2D eigenvalue weighted by molar-refractivity contribution is -0.136. The quantitative estimate of drug-likeness (QED) is 0.822. The van der Waals surface area contributed by atoms with E-state index in [9.17, 15) is 14.3 Å². The number of amides is 1. The van der Waals surface area contributed by atoms with E-state index in [-0.39, 0.29) is 24.6 Å². The van der Waals surface area contributed by atoms with Crippen molar-refractivity contribution in [2.45, 2.75) is 25.0 Å². The molecule has 0 aromatic heterocycles. The van der Waals surface area contributed by atoms with E-state index in [4.69, 9.17) is 14.2 Å². The summed E-state index contributed by atoms with van der Waals surface area (Å²) in [6.45, 7) is 0.644. The van der Waals surface area contributed by atoms with Crippen molar-refractivity contribution < 1.29 is 28.5 Å². The van der Waals surface area contributed by atoms with Gasteiger partial charge >= 0.3 is 0 Å². The zero-order valence-corrected chi connectivity index (χ0v) is 15.9. The van der Waals surface area contributed by atoms with Gasteiger partial charge in [0.2, 0.25) is 5.91 Å². The van der Waals surface area contributed by atoms with Crippen molar-refractivity contribution in [2.24, 2.45) is 0 Å². The first-order valence-corrected chi connectivity index (χ1v) is 9.09. The van der Waals surface area contributed by atoms with Crippen LogP contribution in [0.4, 0.5) is 4.39 Å². The van der Waals surface area contributed by atoms with Gasteiger partial charge in [-0.2, -0.15) is 0 Å². The summed E-state index contributed by atoms with van der Waals surface area (Å²) in [7, 11) is 3.01. The number of methoxy groups -OCH3 is 2. The molecule has 6 nitrogen and oxygen atoms in total. The second-order valence-electron chi connectivity index (χ2n) is 6.68. The molecule has 1 aliphatic heterocycles. The standard InChI is InChI=1S/C21H24FNO5/c1-26-16-5-3-4-14(10-16)11-21(25)23-9-8-18(17(24)13-23)28-19-7-6-15(22)12-20(19)27-2/h3-7,10,12,17-18,24H,8-9,11,13H2,1-2H3/t17-,18-/m1/s1. The van der Waals surface area contributed by atoms with E-state index in [0.717, 1.165) is 5.56 Å². The summed E-state index contributed by atoms with van der Waals surface area (Å²) >= 11 is 0. The molecule has 0 saturated carbocycles. The molecule has 1 N–H and O–H groups in total. The van der Waals surface area contributed by atoms with Gasteiger partial charge in [0, 0.05) is 19.0 Å². The Labute approximate surface area is 163 Å². The normalized spacial score (nSPS) is 19.2. The number of carbonyl (C=O) groups is 1. The van der Waals surface area contributed by atoms with Gasteiger partial charge in [-0.25, -0.2) is 4.39 Å². The first-order valence-electron chi connectivity index (χ1n) is 9.09. The minimum Gasteiger partial charge on any atom is -0.497 e. The fourth-order valence-electron chi connectivity index (χ4n) is 3.24.